The maximum absolute atomic E-state index is 12.8. The molecule has 0 bridgehead atoms. The number of thiocarbonyl (C=S) groups is 1. The number of carbonyl (C=O) groups excluding carboxylic acids is 1. The molecule has 0 heterocycles. The van der Waals surface area contributed by atoms with Crippen LogP contribution in [0.4, 0.5) is 0 Å². The quantitative estimate of drug-likeness (QED) is 0.157. The van der Waals surface area contributed by atoms with E-state index in [0.717, 1.165) is 5.56 Å². The molecule has 0 aliphatic carbocycles. The number of ether oxygens (including phenoxy) is 2. The Morgan fingerprint density at radius 3 is 2.55 bits per heavy atom. The van der Waals surface area contributed by atoms with Gasteiger partial charge in [-0.25, -0.2) is 8.42 Å². The van der Waals surface area contributed by atoms with Crippen LogP contribution in [0.1, 0.15) is 12.6 Å². The van der Waals surface area contributed by atoms with Gasteiger partial charge < -0.3 is 21.5 Å². The number of amides is 1. The van der Waals surface area contributed by atoms with Crippen molar-refractivity contribution in [2.75, 3.05) is 33.9 Å². The summed E-state index contributed by atoms with van der Waals surface area (Å²) < 4.78 is 38.4. The van der Waals surface area contributed by atoms with Crippen LogP contribution in [-0.2, 0) is 26.0 Å². The van der Waals surface area contributed by atoms with Crippen LogP contribution in [-0.4, -0.2) is 53.4 Å². The Morgan fingerprint density at radius 1 is 1.15 bits per heavy atom. The fraction of sp³-hybridized carbons (Fsp3) is 0.273. The molecule has 0 saturated carbocycles. The minimum Gasteiger partial charge on any atom is -1.00 e. The second kappa shape index (κ2) is 15.0. The third-order valence-corrected chi connectivity index (χ3v) is 6.04. The minimum absolute atomic E-state index is 0. The predicted molar refractivity (Wildman–Crippen MR) is 129 cm³/mol. The Balaban J connectivity index is 0.00000544. The van der Waals surface area contributed by atoms with Gasteiger partial charge >= 0.3 is 29.6 Å². The maximum atomic E-state index is 12.8. The van der Waals surface area contributed by atoms with E-state index in [9.17, 15) is 13.2 Å². The summed E-state index contributed by atoms with van der Waals surface area (Å²) >= 11 is 4.93. The maximum Gasteiger partial charge on any atom is 1.00 e. The molecule has 0 atom stereocenters. The van der Waals surface area contributed by atoms with Crippen LogP contribution in [0.15, 0.2) is 59.5 Å². The van der Waals surface area contributed by atoms with E-state index in [0.29, 0.717) is 25.1 Å². The van der Waals surface area contributed by atoms with Crippen LogP contribution < -0.4 is 49.6 Å². The third-order valence-electron chi connectivity index (χ3n) is 4.24. The largest absolute Gasteiger partial charge is 1.00 e. The van der Waals surface area contributed by atoms with Crippen LogP contribution in [0.5, 0.6) is 5.75 Å². The first-order valence-corrected chi connectivity index (χ1v) is 11.7. The number of benzene rings is 2. The SMILES string of the molecule is CNC(=S)NS(=O)(=O)c1cc(CCNC(=O)/C=C/c2ccccc2)ccc1OCCOC.[H-].[Na+]. The Kier molecular flexibility index (Phi) is 13.3. The van der Waals surface area contributed by atoms with E-state index in [1.54, 1.807) is 18.2 Å². The zero-order chi connectivity index (χ0) is 23.4. The van der Waals surface area contributed by atoms with Gasteiger partial charge in [-0.1, -0.05) is 36.4 Å². The molecule has 2 aromatic rings. The molecule has 8 nitrogen and oxygen atoms in total. The van der Waals surface area contributed by atoms with Crippen LogP contribution in [0.2, 0.25) is 0 Å². The van der Waals surface area contributed by atoms with E-state index >= 15 is 0 Å². The molecule has 0 aliphatic rings. The van der Waals surface area contributed by atoms with Gasteiger partial charge in [-0.15, -0.1) is 0 Å². The Bertz CT molecular complexity index is 1050. The summed E-state index contributed by atoms with van der Waals surface area (Å²) in [4.78, 5) is 12.0. The number of hydrogen-bond donors (Lipinski definition) is 3. The van der Waals surface area contributed by atoms with E-state index in [1.807, 2.05) is 30.3 Å². The molecule has 0 aliphatic heterocycles. The first kappa shape index (κ1) is 29.1. The monoisotopic (exact) mass is 501 g/mol. The number of hydrogen-bond acceptors (Lipinski definition) is 6. The fourth-order valence-corrected chi connectivity index (χ4v) is 4.11. The Labute approximate surface area is 224 Å². The van der Waals surface area contributed by atoms with Crippen molar-refractivity contribution in [2.24, 2.45) is 0 Å². The predicted octanol–water partition coefficient (Wildman–Crippen LogP) is -1.02. The van der Waals surface area contributed by atoms with Gasteiger partial charge in [-0.2, -0.15) is 0 Å². The van der Waals surface area contributed by atoms with E-state index in [4.69, 9.17) is 21.7 Å². The molecule has 3 N–H and O–H groups in total. The summed E-state index contributed by atoms with van der Waals surface area (Å²) in [5.41, 5.74) is 1.64. The Morgan fingerprint density at radius 2 is 1.88 bits per heavy atom. The van der Waals surface area contributed by atoms with Crippen LogP contribution in [0, 0.1) is 0 Å². The number of methoxy groups -OCH3 is 1. The van der Waals surface area contributed by atoms with E-state index in [-0.39, 0.29) is 59.3 Å². The number of rotatable bonds is 11. The molecule has 0 unspecified atom stereocenters. The van der Waals surface area contributed by atoms with E-state index in [1.165, 1.54) is 26.3 Å². The van der Waals surface area contributed by atoms with Crippen molar-refractivity contribution in [1.82, 2.24) is 15.4 Å². The van der Waals surface area contributed by atoms with Crippen molar-refractivity contribution < 1.29 is 53.7 Å². The minimum atomic E-state index is -3.96. The van der Waals surface area contributed by atoms with Crippen molar-refractivity contribution in [3.05, 3.63) is 65.7 Å². The van der Waals surface area contributed by atoms with Gasteiger partial charge in [0.05, 0.1) is 6.61 Å². The van der Waals surface area contributed by atoms with Crippen molar-refractivity contribution >= 4 is 39.3 Å². The van der Waals surface area contributed by atoms with Gasteiger partial charge in [0.2, 0.25) is 5.91 Å². The van der Waals surface area contributed by atoms with Crippen LogP contribution >= 0.6 is 12.2 Å². The average Bonchev–Trinajstić information content (AvgIpc) is 2.79. The third kappa shape index (κ3) is 10.2. The summed E-state index contributed by atoms with van der Waals surface area (Å²) in [6, 6.07) is 14.3. The molecule has 0 saturated heterocycles. The topological polar surface area (TPSA) is 106 Å². The molecule has 0 fully saturated rings. The summed E-state index contributed by atoms with van der Waals surface area (Å²) in [6.45, 7) is 0.842. The molecule has 2 aromatic carbocycles. The molecule has 174 valence electrons. The summed E-state index contributed by atoms with van der Waals surface area (Å²) in [6.07, 6.45) is 3.62. The van der Waals surface area contributed by atoms with Crippen molar-refractivity contribution in [3.63, 3.8) is 0 Å². The molecular weight excluding hydrogens is 473 g/mol. The molecule has 0 radical (unpaired) electrons. The average molecular weight is 502 g/mol. The molecule has 33 heavy (non-hydrogen) atoms. The van der Waals surface area contributed by atoms with Crippen molar-refractivity contribution in [1.29, 1.82) is 0 Å². The van der Waals surface area contributed by atoms with Gasteiger partial charge in [0.1, 0.15) is 17.3 Å². The molecule has 1 amide bonds. The summed E-state index contributed by atoms with van der Waals surface area (Å²) in [5.74, 6) is -0.0470. The fourth-order valence-electron chi connectivity index (χ4n) is 2.63. The van der Waals surface area contributed by atoms with Gasteiger partial charge in [0, 0.05) is 26.8 Å². The Hall–Kier alpha value is -1.95. The molecule has 11 heteroatoms. The van der Waals surface area contributed by atoms with Crippen molar-refractivity contribution in [3.8, 4) is 5.75 Å². The first-order chi connectivity index (χ1) is 15.4. The zero-order valence-electron chi connectivity index (χ0n) is 20.0. The van der Waals surface area contributed by atoms with Gasteiger partial charge in [-0.3, -0.25) is 9.52 Å². The second-order valence-corrected chi connectivity index (χ2v) is 8.65. The van der Waals surface area contributed by atoms with Crippen LogP contribution in [0.3, 0.4) is 0 Å². The molecule has 0 spiro atoms. The van der Waals surface area contributed by atoms with Crippen molar-refractivity contribution in [2.45, 2.75) is 11.3 Å². The van der Waals surface area contributed by atoms with Gasteiger partial charge in [0.15, 0.2) is 5.11 Å². The number of sulfonamides is 1. The number of carbonyl (C=O) groups is 1. The smallest absolute Gasteiger partial charge is 1.00 e. The standard InChI is InChI=1S/C22H27N3O5S2.Na.H/c1-23-22(31)25-32(27,28)20-16-18(8-10-19(20)30-15-14-29-2)12-13-24-21(26)11-9-17-6-4-3-5-7-17;;/h3-11,16H,12-15H2,1-2H3,(H,24,26)(H2,23,25,31);;/q;+1;-1/b11-9+;;. The molecule has 2 rings (SSSR count). The summed E-state index contributed by atoms with van der Waals surface area (Å²) in [7, 11) is -0.912. The second-order valence-electron chi connectivity index (χ2n) is 6.59. The number of nitrogens with one attached hydrogen (secondary N) is 3. The van der Waals surface area contributed by atoms with Crippen LogP contribution in [0.25, 0.3) is 6.08 Å². The molecule has 0 aromatic heterocycles. The molecular formula is C22H28N3NaO5S2. The zero-order valence-corrected chi connectivity index (χ0v) is 22.6. The van der Waals surface area contributed by atoms with Gasteiger partial charge in [0.25, 0.3) is 10.0 Å². The first-order valence-electron chi connectivity index (χ1n) is 9.86. The summed E-state index contributed by atoms with van der Waals surface area (Å²) in [5, 5.41) is 5.33. The van der Waals surface area contributed by atoms with Gasteiger partial charge in [-0.05, 0) is 48.0 Å². The van der Waals surface area contributed by atoms with E-state index < -0.39 is 10.0 Å². The van der Waals surface area contributed by atoms with E-state index in [2.05, 4.69) is 15.4 Å². The normalized spacial score (nSPS) is 10.8.